The number of hydrogen-bond acceptors (Lipinski definition) is 2. The van der Waals surface area contributed by atoms with Crippen molar-refractivity contribution in [3.8, 4) is 0 Å². The summed E-state index contributed by atoms with van der Waals surface area (Å²) in [6, 6.07) is 0. The van der Waals surface area contributed by atoms with Gasteiger partial charge >= 0.3 is 5.97 Å². The molecule has 1 aliphatic heterocycles. The van der Waals surface area contributed by atoms with Crippen molar-refractivity contribution < 1.29 is 14.7 Å². The summed E-state index contributed by atoms with van der Waals surface area (Å²) < 4.78 is 0. The molecule has 2 N–H and O–H groups in total. The van der Waals surface area contributed by atoms with E-state index < -0.39 is 17.8 Å². The molecule has 1 rings (SSSR count). The lowest BCUT2D eigenvalue weighted by Crippen LogP contribution is -2.30. The van der Waals surface area contributed by atoms with E-state index in [0.29, 0.717) is 0 Å². The van der Waals surface area contributed by atoms with Crippen molar-refractivity contribution in [2.24, 2.45) is 5.92 Å². The number of hydrogen-bond donors (Lipinski definition) is 2. The largest absolute Gasteiger partial charge is 0.480 e. The Morgan fingerprint density at radius 1 is 1.55 bits per heavy atom. The zero-order valence-corrected chi connectivity index (χ0v) is 5.65. The fraction of sp³-hybridized carbons (Fsp3) is 0.143. The molecule has 1 atom stereocenters. The van der Waals surface area contributed by atoms with Gasteiger partial charge in [0.05, 0.1) is 0 Å². The van der Waals surface area contributed by atoms with Crippen LogP contribution in [0.15, 0.2) is 24.4 Å². The second-order valence-electron chi connectivity index (χ2n) is 2.07. The molecule has 4 heteroatoms. The lowest BCUT2D eigenvalue weighted by atomic mass is 10.1. The van der Waals surface area contributed by atoms with Gasteiger partial charge < -0.3 is 10.4 Å². The molecule has 0 spiro atoms. The minimum atomic E-state index is -1.14. The van der Waals surface area contributed by atoms with Crippen LogP contribution in [0.5, 0.6) is 0 Å². The molecule has 0 aromatic carbocycles. The van der Waals surface area contributed by atoms with Gasteiger partial charge in [-0.15, -0.1) is 0 Å². The van der Waals surface area contributed by atoms with E-state index in [1.165, 1.54) is 18.4 Å². The number of amides is 1. The van der Waals surface area contributed by atoms with Crippen molar-refractivity contribution in [2.75, 3.05) is 0 Å². The van der Waals surface area contributed by atoms with Crippen LogP contribution in [0.4, 0.5) is 0 Å². The molecule has 0 aromatic heterocycles. The van der Waals surface area contributed by atoms with Crippen molar-refractivity contribution in [1.29, 1.82) is 0 Å². The number of nitrogens with one attached hydrogen (secondary N) is 1. The van der Waals surface area contributed by atoms with Gasteiger partial charge in [0.1, 0.15) is 0 Å². The van der Waals surface area contributed by atoms with Crippen LogP contribution in [0.1, 0.15) is 0 Å². The van der Waals surface area contributed by atoms with E-state index in [2.05, 4.69) is 5.32 Å². The maximum Gasteiger partial charge on any atom is 0.319 e. The summed E-state index contributed by atoms with van der Waals surface area (Å²) in [4.78, 5) is 21.2. The monoisotopic (exact) mass is 153 g/mol. The minimum Gasteiger partial charge on any atom is -0.480 e. The molecule has 0 fully saturated rings. The first kappa shape index (κ1) is 7.53. The number of carboxylic acids is 1. The minimum absolute atomic E-state index is 0.512. The predicted molar refractivity (Wildman–Crippen MR) is 37.5 cm³/mol. The number of aliphatic carboxylic acids is 1. The molecule has 0 saturated carbocycles. The molecule has 4 nitrogen and oxygen atoms in total. The van der Waals surface area contributed by atoms with Crippen LogP contribution in [0, 0.1) is 5.92 Å². The van der Waals surface area contributed by atoms with Gasteiger partial charge in [-0.2, -0.15) is 0 Å². The first-order valence-corrected chi connectivity index (χ1v) is 3.08. The number of rotatable bonds is 1. The van der Waals surface area contributed by atoms with Gasteiger partial charge in [-0.25, -0.2) is 0 Å². The summed E-state index contributed by atoms with van der Waals surface area (Å²) in [5, 5.41) is 10.8. The summed E-state index contributed by atoms with van der Waals surface area (Å²) in [6.45, 7) is 0. The van der Waals surface area contributed by atoms with E-state index in [1.807, 2.05) is 0 Å². The summed E-state index contributed by atoms with van der Waals surface area (Å²) in [7, 11) is 0. The van der Waals surface area contributed by atoms with E-state index in [0.717, 1.165) is 0 Å². The van der Waals surface area contributed by atoms with Crippen molar-refractivity contribution in [3.63, 3.8) is 0 Å². The van der Waals surface area contributed by atoms with Crippen LogP contribution < -0.4 is 5.32 Å². The van der Waals surface area contributed by atoms with Gasteiger partial charge in [0, 0.05) is 6.20 Å². The zero-order valence-electron chi connectivity index (χ0n) is 5.65. The van der Waals surface area contributed by atoms with Crippen LogP contribution in [-0.2, 0) is 9.59 Å². The number of allylic oxidation sites excluding steroid dienone is 2. The Balaban J connectivity index is 2.80. The highest BCUT2D eigenvalue weighted by atomic mass is 16.4. The third-order valence-corrected chi connectivity index (χ3v) is 1.29. The second kappa shape index (κ2) is 3.01. The third kappa shape index (κ3) is 1.67. The smallest absolute Gasteiger partial charge is 0.319 e. The van der Waals surface area contributed by atoms with Crippen LogP contribution in [-0.4, -0.2) is 17.0 Å². The van der Waals surface area contributed by atoms with Gasteiger partial charge in [-0.3, -0.25) is 9.59 Å². The van der Waals surface area contributed by atoms with E-state index >= 15 is 0 Å². The van der Waals surface area contributed by atoms with Crippen LogP contribution in [0.3, 0.4) is 0 Å². The molecular weight excluding hydrogens is 146 g/mol. The first-order chi connectivity index (χ1) is 5.22. The second-order valence-corrected chi connectivity index (χ2v) is 2.07. The van der Waals surface area contributed by atoms with Gasteiger partial charge in [0.15, 0.2) is 5.92 Å². The van der Waals surface area contributed by atoms with Crippen molar-refractivity contribution in [1.82, 2.24) is 5.32 Å². The lowest BCUT2D eigenvalue weighted by Gasteiger charge is -2.02. The molecule has 0 aromatic rings. The lowest BCUT2D eigenvalue weighted by molar-refractivity contribution is -0.144. The molecular formula is C7H7NO3. The summed E-state index contributed by atoms with van der Waals surface area (Å²) in [6.07, 6.45) is 5.83. The Kier molecular flexibility index (Phi) is 2.06. The van der Waals surface area contributed by atoms with Gasteiger partial charge in [0.25, 0.3) is 0 Å². The Bertz CT molecular complexity index is 242. The Labute approximate surface area is 63.2 Å². The van der Waals surface area contributed by atoms with Crippen LogP contribution in [0.25, 0.3) is 0 Å². The summed E-state index contributed by atoms with van der Waals surface area (Å²) in [5.74, 6) is -2.71. The van der Waals surface area contributed by atoms with Crippen LogP contribution >= 0.6 is 0 Å². The number of carbonyl (C=O) groups excluding carboxylic acids is 1. The Morgan fingerprint density at radius 3 is 2.91 bits per heavy atom. The maximum absolute atomic E-state index is 10.9. The van der Waals surface area contributed by atoms with E-state index in [4.69, 9.17) is 5.11 Å². The molecule has 1 aliphatic rings. The molecule has 0 aliphatic carbocycles. The average molecular weight is 153 g/mol. The molecule has 1 unspecified atom stereocenters. The maximum atomic E-state index is 10.9. The van der Waals surface area contributed by atoms with Crippen molar-refractivity contribution >= 4 is 11.9 Å². The third-order valence-electron chi connectivity index (χ3n) is 1.29. The SMILES string of the molecule is O=C(O)C1C=CC=CNC1=O. The van der Waals surface area contributed by atoms with E-state index in [1.54, 1.807) is 6.08 Å². The van der Waals surface area contributed by atoms with Crippen molar-refractivity contribution in [2.45, 2.75) is 0 Å². The highest BCUT2D eigenvalue weighted by Gasteiger charge is 2.22. The quantitative estimate of drug-likeness (QED) is 0.516. The standard InChI is InChI=1S/C7H7NO3/c9-6-5(7(10)11)3-1-2-4-8-6/h1-5H,(H,8,9)(H,10,11). The van der Waals surface area contributed by atoms with Gasteiger partial charge in [-0.1, -0.05) is 12.2 Å². The molecule has 58 valence electrons. The molecule has 1 heterocycles. The highest BCUT2D eigenvalue weighted by Crippen LogP contribution is 2.02. The number of carbonyl (C=O) groups is 2. The predicted octanol–water partition coefficient (Wildman–Crippen LogP) is -0.113. The van der Waals surface area contributed by atoms with E-state index in [-0.39, 0.29) is 0 Å². The summed E-state index contributed by atoms with van der Waals surface area (Å²) >= 11 is 0. The summed E-state index contributed by atoms with van der Waals surface area (Å²) in [5.41, 5.74) is 0. The topological polar surface area (TPSA) is 66.4 Å². The number of carboxylic acid groups (broad SMARTS) is 1. The molecule has 0 bridgehead atoms. The van der Waals surface area contributed by atoms with Crippen molar-refractivity contribution in [3.05, 3.63) is 24.4 Å². The highest BCUT2D eigenvalue weighted by molar-refractivity contribution is 5.99. The normalized spacial score (nSPS) is 22.5. The molecule has 0 saturated heterocycles. The molecule has 11 heavy (non-hydrogen) atoms. The molecule has 0 radical (unpaired) electrons. The molecule has 1 amide bonds. The fourth-order valence-corrected chi connectivity index (χ4v) is 0.733. The zero-order chi connectivity index (χ0) is 8.27. The van der Waals surface area contributed by atoms with Crippen LogP contribution in [0.2, 0.25) is 0 Å². The van der Waals surface area contributed by atoms with Gasteiger partial charge in [-0.05, 0) is 6.08 Å². The average Bonchev–Trinajstić information content (AvgIpc) is 2.13. The fourth-order valence-electron chi connectivity index (χ4n) is 0.733. The first-order valence-electron chi connectivity index (χ1n) is 3.08. The Morgan fingerprint density at radius 2 is 2.27 bits per heavy atom. The van der Waals surface area contributed by atoms with Gasteiger partial charge in [0.2, 0.25) is 5.91 Å². The van der Waals surface area contributed by atoms with E-state index in [9.17, 15) is 9.59 Å². The Hall–Kier alpha value is -1.58.